The van der Waals surface area contributed by atoms with E-state index in [0.717, 1.165) is 5.69 Å². The lowest BCUT2D eigenvalue weighted by Gasteiger charge is -2.21. The van der Waals surface area contributed by atoms with Crippen LogP contribution < -0.4 is 5.32 Å². The van der Waals surface area contributed by atoms with Gasteiger partial charge in [-0.3, -0.25) is 9.58 Å². The van der Waals surface area contributed by atoms with Crippen LogP contribution in [0.2, 0.25) is 0 Å². The highest BCUT2D eigenvalue weighted by atomic mass is 16.5. The number of rotatable bonds is 5. The Hall–Kier alpha value is -1.40. The van der Waals surface area contributed by atoms with E-state index in [9.17, 15) is 4.79 Å². The molecule has 2 saturated heterocycles. The van der Waals surface area contributed by atoms with E-state index in [2.05, 4.69) is 15.3 Å². The van der Waals surface area contributed by atoms with E-state index in [4.69, 9.17) is 4.74 Å². The predicted molar refractivity (Wildman–Crippen MR) is 79.0 cm³/mol. The molecule has 0 aromatic carbocycles. The molecule has 3 rings (SSSR count). The van der Waals surface area contributed by atoms with Crippen molar-refractivity contribution in [1.29, 1.82) is 0 Å². The number of ether oxygens (including phenoxy) is 1. The van der Waals surface area contributed by atoms with Crippen molar-refractivity contribution in [3.05, 3.63) is 17.5 Å². The van der Waals surface area contributed by atoms with Gasteiger partial charge in [-0.2, -0.15) is 5.10 Å². The molecule has 2 fully saturated rings. The van der Waals surface area contributed by atoms with Crippen molar-refractivity contribution in [3.63, 3.8) is 0 Å². The van der Waals surface area contributed by atoms with Crippen LogP contribution in [0.4, 0.5) is 0 Å². The first-order valence-corrected chi connectivity index (χ1v) is 7.86. The fraction of sp³-hybridized carbons (Fsp3) is 0.733. The average Bonchev–Trinajstić information content (AvgIpc) is 3.13. The Morgan fingerprint density at radius 3 is 3.14 bits per heavy atom. The third kappa shape index (κ3) is 2.82. The van der Waals surface area contributed by atoms with Gasteiger partial charge >= 0.3 is 5.97 Å². The average molecular weight is 292 g/mol. The van der Waals surface area contributed by atoms with Crippen LogP contribution >= 0.6 is 0 Å². The fourth-order valence-electron chi connectivity index (χ4n) is 3.60. The van der Waals surface area contributed by atoms with E-state index in [1.807, 2.05) is 14.0 Å². The van der Waals surface area contributed by atoms with E-state index in [0.29, 0.717) is 30.8 Å². The second-order valence-electron chi connectivity index (χ2n) is 5.87. The van der Waals surface area contributed by atoms with Gasteiger partial charge in [-0.25, -0.2) is 4.79 Å². The van der Waals surface area contributed by atoms with E-state index in [1.165, 1.54) is 32.4 Å². The summed E-state index contributed by atoms with van der Waals surface area (Å²) in [6.45, 7) is 5.31. The number of carbonyl (C=O) groups excluding carboxylic acids is 1. The Morgan fingerprint density at radius 1 is 1.48 bits per heavy atom. The van der Waals surface area contributed by atoms with Crippen molar-refractivity contribution in [1.82, 2.24) is 20.0 Å². The van der Waals surface area contributed by atoms with Crippen molar-refractivity contribution in [3.8, 4) is 0 Å². The Morgan fingerprint density at radius 2 is 2.33 bits per heavy atom. The molecule has 116 valence electrons. The quantitative estimate of drug-likeness (QED) is 0.818. The van der Waals surface area contributed by atoms with Crippen molar-refractivity contribution in [2.45, 2.75) is 44.8 Å². The molecule has 3 heterocycles. The smallest absolute Gasteiger partial charge is 0.341 e. The van der Waals surface area contributed by atoms with Crippen LogP contribution in [0.1, 0.15) is 42.2 Å². The van der Waals surface area contributed by atoms with E-state index in [-0.39, 0.29) is 5.97 Å². The maximum Gasteiger partial charge on any atom is 0.341 e. The molecule has 6 nitrogen and oxygen atoms in total. The summed E-state index contributed by atoms with van der Waals surface area (Å²) in [5, 5.41) is 7.82. The third-order valence-electron chi connectivity index (χ3n) is 4.69. The maximum atomic E-state index is 11.9. The molecule has 2 aliphatic heterocycles. The largest absolute Gasteiger partial charge is 0.462 e. The Balaban J connectivity index is 1.65. The predicted octanol–water partition coefficient (Wildman–Crippen LogP) is 0.923. The molecule has 2 unspecified atom stereocenters. The van der Waals surface area contributed by atoms with Crippen LogP contribution in [0.3, 0.4) is 0 Å². The summed E-state index contributed by atoms with van der Waals surface area (Å²) >= 11 is 0. The van der Waals surface area contributed by atoms with Gasteiger partial charge in [0.25, 0.3) is 0 Å². The first kappa shape index (κ1) is 14.5. The lowest BCUT2D eigenvalue weighted by molar-refractivity contribution is 0.0524. The number of nitrogens with zero attached hydrogens (tertiary/aromatic N) is 3. The van der Waals surface area contributed by atoms with Crippen LogP contribution in [-0.4, -0.2) is 52.4 Å². The van der Waals surface area contributed by atoms with Gasteiger partial charge < -0.3 is 10.1 Å². The molecule has 0 amide bonds. The minimum Gasteiger partial charge on any atom is -0.462 e. The third-order valence-corrected chi connectivity index (χ3v) is 4.69. The van der Waals surface area contributed by atoms with Gasteiger partial charge in [0, 0.05) is 32.2 Å². The van der Waals surface area contributed by atoms with Crippen molar-refractivity contribution >= 4 is 5.97 Å². The number of esters is 1. The van der Waals surface area contributed by atoms with E-state index < -0.39 is 0 Å². The van der Waals surface area contributed by atoms with Crippen LogP contribution in [-0.2, 0) is 18.3 Å². The number of aryl methyl sites for hydroxylation is 1. The molecular formula is C15H24N4O2. The molecular weight excluding hydrogens is 268 g/mol. The highest BCUT2D eigenvalue weighted by Crippen LogP contribution is 2.28. The molecule has 6 heteroatoms. The molecule has 1 N–H and O–H groups in total. The first-order valence-electron chi connectivity index (χ1n) is 7.86. The number of aromatic nitrogens is 2. The molecule has 2 aliphatic rings. The molecule has 2 atom stereocenters. The van der Waals surface area contributed by atoms with Gasteiger partial charge in [0.1, 0.15) is 5.56 Å². The van der Waals surface area contributed by atoms with E-state index in [1.54, 1.807) is 10.9 Å². The van der Waals surface area contributed by atoms with Crippen LogP contribution in [0, 0.1) is 0 Å². The summed E-state index contributed by atoms with van der Waals surface area (Å²) in [6.07, 6.45) is 5.39. The van der Waals surface area contributed by atoms with Gasteiger partial charge in [-0.05, 0) is 32.7 Å². The Labute approximate surface area is 125 Å². The number of carbonyl (C=O) groups is 1. The molecule has 0 aliphatic carbocycles. The van der Waals surface area contributed by atoms with Gasteiger partial charge in [-0.15, -0.1) is 0 Å². The minimum atomic E-state index is -0.281. The maximum absolute atomic E-state index is 11.9. The Kier molecular flexibility index (Phi) is 4.26. The summed E-state index contributed by atoms with van der Waals surface area (Å²) in [7, 11) is 1.87. The van der Waals surface area contributed by atoms with E-state index >= 15 is 0 Å². The monoisotopic (exact) mass is 292 g/mol. The fourth-order valence-corrected chi connectivity index (χ4v) is 3.60. The van der Waals surface area contributed by atoms with Gasteiger partial charge in [-0.1, -0.05) is 0 Å². The number of fused-ring (bicyclic) bond motifs is 1. The summed E-state index contributed by atoms with van der Waals surface area (Å²) in [5.74, 6) is -0.281. The molecule has 1 aromatic heterocycles. The number of hydrogen-bond donors (Lipinski definition) is 1. The molecule has 0 radical (unpaired) electrons. The molecule has 0 bridgehead atoms. The van der Waals surface area contributed by atoms with Crippen molar-refractivity contribution in [2.75, 3.05) is 19.7 Å². The second kappa shape index (κ2) is 6.15. The van der Waals surface area contributed by atoms with Crippen molar-refractivity contribution < 1.29 is 9.53 Å². The first-order chi connectivity index (χ1) is 10.2. The van der Waals surface area contributed by atoms with Crippen molar-refractivity contribution in [2.24, 2.45) is 7.05 Å². The summed E-state index contributed by atoms with van der Waals surface area (Å²) in [5.41, 5.74) is 1.48. The summed E-state index contributed by atoms with van der Waals surface area (Å²) < 4.78 is 6.86. The lowest BCUT2D eigenvalue weighted by Crippen LogP contribution is -2.39. The molecule has 0 spiro atoms. The SMILES string of the molecule is CCOC(=O)c1cnn(C)c1CNC1CCN2CCCC12. The van der Waals surface area contributed by atoms with Crippen LogP contribution in [0.25, 0.3) is 0 Å². The summed E-state index contributed by atoms with van der Waals surface area (Å²) in [4.78, 5) is 14.5. The van der Waals surface area contributed by atoms with Gasteiger partial charge in [0.15, 0.2) is 0 Å². The van der Waals surface area contributed by atoms with Crippen LogP contribution in [0.15, 0.2) is 6.20 Å². The zero-order valence-electron chi connectivity index (χ0n) is 12.8. The standard InChI is InChI=1S/C15H24N4O2/c1-3-21-15(20)11-9-17-18(2)14(11)10-16-12-6-8-19-7-4-5-13(12)19/h9,12-13,16H,3-8,10H2,1-2H3. The van der Waals surface area contributed by atoms with Gasteiger partial charge in [0.2, 0.25) is 0 Å². The molecule has 0 saturated carbocycles. The zero-order valence-corrected chi connectivity index (χ0v) is 12.8. The minimum absolute atomic E-state index is 0.281. The topological polar surface area (TPSA) is 59.4 Å². The molecule has 21 heavy (non-hydrogen) atoms. The van der Waals surface area contributed by atoms with Crippen LogP contribution in [0.5, 0.6) is 0 Å². The summed E-state index contributed by atoms with van der Waals surface area (Å²) in [6, 6.07) is 1.20. The highest BCUT2D eigenvalue weighted by molar-refractivity contribution is 5.90. The number of hydrogen-bond acceptors (Lipinski definition) is 5. The molecule has 1 aromatic rings. The normalized spacial score (nSPS) is 25.2. The lowest BCUT2D eigenvalue weighted by atomic mass is 10.1. The highest BCUT2D eigenvalue weighted by Gasteiger charge is 2.36. The number of nitrogens with one attached hydrogen (secondary N) is 1. The zero-order chi connectivity index (χ0) is 14.8. The van der Waals surface area contributed by atoms with Gasteiger partial charge in [0.05, 0.1) is 18.5 Å². The second-order valence-corrected chi connectivity index (χ2v) is 5.87. The Bertz CT molecular complexity index is 514.